The van der Waals surface area contributed by atoms with Crippen LogP contribution in [0.2, 0.25) is 0 Å². The van der Waals surface area contributed by atoms with Crippen molar-refractivity contribution in [2.75, 3.05) is 5.73 Å². The van der Waals surface area contributed by atoms with E-state index in [-0.39, 0.29) is 0 Å². The molecule has 0 bridgehead atoms. The summed E-state index contributed by atoms with van der Waals surface area (Å²) in [6.07, 6.45) is 3.42. The lowest BCUT2D eigenvalue weighted by Crippen LogP contribution is -1.88. The Morgan fingerprint density at radius 1 is 1.00 bits per heavy atom. The van der Waals surface area contributed by atoms with Gasteiger partial charge in [0.15, 0.2) is 0 Å². The normalized spacial score (nSPS) is 10.8. The molecule has 0 aliphatic heterocycles. The first kappa shape index (κ1) is 8.91. The molecule has 0 saturated carbocycles. The van der Waals surface area contributed by atoms with Crippen molar-refractivity contribution < 1.29 is 0 Å². The van der Waals surface area contributed by atoms with Crippen molar-refractivity contribution in [2.24, 2.45) is 0 Å². The fourth-order valence-corrected chi connectivity index (χ4v) is 1.74. The van der Waals surface area contributed by atoms with Gasteiger partial charge < -0.3 is 10.7 Å². The van der Waals surface area contributed by atoms with Crippen LogP contribution in [0.4, 0.5) is 5.69 Å². The molecule has 0 spiro atoms. The molecule has 2 heterocycles. The monoisotopic (exact) mass is 210 g/mol. The van der Waals surface area contributed by atoms with E-state index in [1.54, 1.807) is 6.33 Å². The average molecular weight is 210 g/mol. The second-order valence-corrected chi connectivity index (χ2v) is 3.58. The highest BCUT2D eigenvalue weighted by atomic mass is 14.9. The number of hydrogen-bond donors (Lipinski definition) is 2. The van der Waals surface area contributed by atoms with Crippen molar-refractivity contribution in [3.05, 3.63) is 42.9 Å². The van der Waals surface area contributed by atoms with E-state index in [4.69, 9.17) is 5.73 Å². The van der Waals surface area contributed by atoms with Gasteiger partial charge in [-0.15, -0.1) is 0 Å². The van der Waals surface area contributed by atoms with Gasteiger partial charge >= 0.3 is 0 Å². The lowest BCUT2D eigenvalue weighted by atomic mass is 10.1. The number of nitrogens with two attached hydrogens (primary N) is 1. The lowest BCUT2D eigenvalue weighted by Gasteiger charge is -2.02. The Labute approximate surface area is 92.2 Å². The summed E-state index contributed by atoms with van der Waals surface area (Å²) in [6, 6.07) is 9.64. The molecule has 4 heteroatoms. The Morgan fingerprint density at radius 2 is 1.81 bits per heavy atom. The number of nitrogens with zero attached hydrogens (tertiary/aromatic N) is 2. The molecule has 0 radical (unpaired) electrons. The van der Waals surface area contributed by atoms with Gasteiger partial charge in [-0.3, -0.25) is 0 Å². The zero-order valence-corrected chi connectivity index (χ0v) is 8.51. The molecule has 0 amide bonds. The lowest BCUT2D eigenvalue weighted by molar-refractivity contribution is 1.20. The van der Waals surface area contributed by atoms with Gasteiger partial charge in [-0.1, -0.05) is 12.1 Å². The molecule has 3 rings (SSSR count). The number of aromatic nitrogens is 3. The highest BCUT2D eigenvalue weighted by Gasteiger charge is 2.06. The van der Waals surface area contributed by atoms with Crippen LogP contribution >= 0.6 is 0 Å². The largest absolute Gasteiger partial charge is 0.399 e. The molecular formula is C12H10N4. The van der Waals surface area contributed by atoms with Gasteiger partial charge in [0.05, 0.1) is 5.69 Å². The van der Waals surface area contributed by atoms with Crippen LogP contribution in [-0.4, -0.2) is 15.0 Å². The first-order valence-corrected chi connectivity index (χ1v) is 4.98. The Bertz CT molecular complexity index is 625. The van der Waals surface area contributed by atoms with E-state index in [9.17, 15) is 0 Å². The number of anilines is 1. The number of rotatable bonds is 1. The van der Waals surface area contributed by atoms with Gasteiger partial charge in [0, 0.05) is 22.8 Å². The van der Waals surface area contributed by atoms with Gasteiger partial charge in [0.1, 0.15) is 12.0 Å². The molecule has 78 valence electrons. The Balaban J connectivity index is 2.25. The minimum Gasteiger partial charge on any atom is -0.399 e. The zero-order valence-electron chi connectivity index (χ0n) is 8.51. The standard InChI is InChI=1S/C12H10N4/c13-9-3-1-8(2-4-9)11-10-5-6-14-12(10)16-7-15-11/h1-7H,13H2,(H,14,15,16). The van der Waals surface area contributed by atoms with Crippen molar-refractivity contribution in [3.63, 3.8) is 0 Å². The number of hydrogen-bond acceptors (Lipinski definition) is 3. The summed E-state index contributed by atoms with van der Waals surface area (Å²) in [5, 5.41) is 1.02. The average Bonchev–Trinajstić information content (AvgIpc) is 2.78. The topological polar surface area (TPSA) is 67.6 Å². The molecule has 16 heavy (non-hydrogen) atoms. The molecule has 2 aromatic heterocycles. The molecule has 0 fully saturated rings. The van der Waals surface area contributed by atoms with E-state index in [2.05, 4.69) is 15.0 Å². The highest BCUT2D eigenvalue weighted by Crippen LogP contribution is 2.24. The van der Waals surface area contributed by atoms with Crippen LogP contribution in [0, 0.1) is 0 Å². The SMILES string of the molecule is Nc1ccc(-c2ncnc3[nH]ccc23)cc1. The Kier molecular flexibility index (Phi) is 1.86. The zero-order chi connectivity index (χ0) is 11.0. The van der Waals surface area contributed by atoms with Gasteiger partial charge in [0.2, 0.25) is 0 Å². The molecule has 4 nitrogen and oxygen atoms in total. The van der Waals surface area contributed by atoms with Crippen LogP contribution < -0.4 is 5.73 Å². The summed E-state index contributed by atoms with van der Waals surface area (Å²) < 4.78 is 0. The summed E-state index contributed by atoms with van der Waals surface area (Å²) in [4.78, 5) is 11.5. The second-order valence-electron chi connectivity index (χ2n) is 3.58. The maximum atomic E-state index is 5.66. The molecule has 3 N–H and O–H groups in total. The quantitative estimate of drug-likeness (QED) is 0.605. The van der Waals surface area contributed by atoms with E-state index < -0.39 is 0 Å². The summed E-state index contributed by atoms with van der Waals surface area (Å²) in [5.41, 5.74) is 9.23. The number of fused-ring (bicyclic) bond motifs is 1. The summed E-state index contributed by atoms with van der Waals surface area (Å²) in [7, 11) is 0. The van der Waals surface area contributed by atoms with E-state index in [0.717, 1.165) is 28.0 Å². The number of benzene rings is 1. The predicted molar refractivity (Wildman–Crippen MR) is 63.7 cm³/mol. The van der Waals surface area contributed by atoms with Crippen LogP contribution in [-0.2, 0) is 0 Å². The maximum Gasteiger partial charge on any atom is 0.141 e. The number of H-pyrrole nitrogens is 1. The molecule has 3 aromatic rings. The van der Waals surface area contributed by atoms with Gasteiger partial charge in [-0.05, 0) is 18.2 Å². The van der Waals surface area contributed by atoms with Crippen molar-refractivity contribution in [3.8, 4) is 11.3 Å². The molecule has 0 atom stereocenters. The predicted octanol–water partition coefficient (Wildman–Crippen LogP) is 2.21. The Hall–Kier alpha value is -2.36. The summed E-state index contributed by atoms with van der Waals surface area (Å²) >= 11 is 0. The molecule has 0 aliphatic rings. The number of nitrogen functional groups attached to an aromatic ring is 1. The van der Waals surface area contributed by atoms with Crippen LogP contribution in [0.15, 0.2) is 42.9 Å². The molecule has 0 saturated heterocycles. The molecule has 1 aromatic carbocycles. The third-order valence-electron chi connectivity index (χ3n) is 2.54. The number of aromatic amines is 1. The van der Waals surface area contributed by atoms with E-state index in [1.807, 2.05) is 36.5 Å². The maximum absolute atomic E-state index is 5.66. The van der Waals surface area contributed by atoms with Crippen molar-refractivity contribution in [1.82, 2.24) is 15.0 Å². The fourth-order valence-electron chi connectivity index (χ4n) is 1.74. The van der Waals surface area contributed by atoms with E-state index in [0.29, 0.717) is 0 Å². The second kappa shape index (κ2) is 3.34. The van der Waals surface area contributed by atoms with Crippen molar-refractivity contribution in [2.45, 2.75) is 0 Å². The highest BCUT2D eigenvalue weighted by molar-refractivity contribution is 5.90. The first-order chi connectivity index (χ1) is 7.84. The van der Waals surface area contributed by atoms with Crippen LogP contribution in [0.1, 0.15) is 0 Å². The summed E-state index contributed by atoms with van der Waals surface area (Å²) in [5.74, 6) is 0. The minimum atomic E-state index is 0.753. The van der Waals surface area contributed by atoms with Crippen molar-refractivity contribution in [1.29, 1.82) is 0 Å². The van der Waals surface area contributed by atoms with Crippen LogP contribution in [0.5, 0.6) is 0 Å². The smallest absolute Gasteiger partial charge is 0.141 e. The minimum absolute atomic E-state index is 0.753. The van der Waals surface area contributed by atoms with Crippen LogP contribution in [0.25, 0.3) is 22.3 Å². The Morgan fingerprint density at radius 3 is 2.62 bits per heavy atom. The van der Waals surface area contributed by atoms with Gasteiger partial charge in [-0.25, -0.2) is 9.97 Å². The summed E-state index contributed by atoms with van der Waals surface area (Å²) in [6.45, 7) is 0. The van der Waals surface area contributed by atoms with E-state index in [1.165, 1.54) is 0 Å². The molecule has 0 aliphatic carbocycles. The van der Waals surface area contributed by atoms with Gasteiger partial charge in [0.25, 0.3) is 0 Å². The molecular weight excluding hydrogens is 200 g/mol. The fraction of sp³-hybridized carbons (Fsp3) is 0. The number of nitrogens with one attached hydrogen (secondary N) is 1. The third-order valence-corrected chi connectivity index (χ3v) is 2.54. The van der Waals surface area contributed by atoms with Crippen LogP contribution in [0.3, 0.4) is 0 Å². The first-order valence-electron chi connectivity index (χ1n) is 4.98. The van der Waals surface area contributed by atoms with Crippen molar-refractivity contribution >= 4 is 16.7 Å². The molecule has 0 unspecified atom stereocenters. The third kappa shape index (κ3) is 1.32. The van der Waals surface area contributed by atoms with E-state index >= 15 is 0 Å². The van der Waals surface area contributed by atoms with Gasteiger partial charge in [-0.2, -0.15) is 0 Å².